The first-order valence-corrected chi connectivity index (χ1v) is 7.66. The number of rotatable bonds is 3. The molecule has 2 fully saturated rings. The minimum absolute atomic E-state index is 0.598. The van der Waals surface area contributed by atoms with E-state index in [0.717, 1.165) is 24.0 Å². The van der Waals surface area contributed by atoms with E-state index < -0.39 is 0 Å². The van der Waals surface area contributed by atoms with Crippen LogP contribution in [0.4, 0.5) is 5.69 Å². The Bertz CT molecular complexity index is 450. The maximum Gasteiger partial charge on any atom is 0.0565 e. The molecule has 1 aromatic rings. The largest absolute Gasteiger partial charge is 0.324 e. The summed E-state index contributed by atoms with van der Waals surface area (Å²) in [5.41, 5.74) is 4.72. The Kier molecular flexibility index (Phi) is 4.19. The molecule has 1 aromatic heterocycles. The molecule has 3 heterocycles. The van der Waals surface area contributed by atoms with Crippen molar-refractivity contribution in [2.24, 2.45) is 5.84 Å². The summed E-state index contributed by atoms with van der Waals surface area (Å²) in [7, 11) is 0. The van der Waals surface area contributed by atoms with Crippen LogP contribution in [0.1, 0.15) is 31.9 Å². The Morgan fingerprint density at radius 2 is 2.30 bits per heavy atom. The number of nitrogen functional groups attached to an aromatic ring is 1. The summed E-state index contributed by atoms with van der Waals surface area (Å²) in [6.07, 6.45) is 5.93. The van der Waals surface area contributed by atoms with Crippen LogP contribution in [0.15, 0.2) is 18.3 Å². The summed E-state index contributed by atoms with van der Waals surface area (Å²) in [5, 5.41) is 0. The van der Waals surface area contributed by atoms with Crippen molar-refractivity contribution < 1.29 is 0 Å². The summed E-state index contributed by atoms with van der Waals surface area (Å²) in [6.45, 7) is 6.90. The molecule has 2 unspecified atom stereocenters. The van der Waals surface area contributed by atoms with Crippen LogP contribution in [0, 0.1) is 0 Å². The van der Waals surface area contributed by atoms with E-state index in [1.165, 1.54) is 38.9 Å². The fourth-order valence-electron chi connectivity index (χ4n) is 3.50. The summed E-state index contributed by atoms with van der Waals surface area (Å²) in [5.74, 6) is 5.47. The highest BCUT2D eigenvalue weighted by atomic mass is 15.3. The van der Waals surface area contributed by atoms with E-state index in [2.05, 4.69) is 27.1 Å². The van der Waals surface area contributed by atoms with Gasteiger partial charge in [0.15, 0.2) is 0 Å². The number of anilines is 1. The molecule has 0 spiro atoms. The van der Waals surface area contributed by atoms with E-state index in [0.29, 0.717) is 6.04 Å². The monoisotopic (exact) mass is 275 g/mol. The Morgan fingerprint density at radius 3 is 3.15 bits per heavy atom. The highest BCUT2D eigenvalue weighted by Crippen LogP contribution is 2.25. The normalized spacial score (nSPS) is 28.1. The van der Waals surface area contributed by atoms with E-state index in [1.54, 1.807) is 0 Å². The number of piperazine rings is 1. The lowest BCUT2D eigenvalue weighted by molar-refractivity contribution is 0.0105. The maximum absolute atomic E-state index is 5.47. The third-order valence-corrected chi connectivity index (χ3v) is 4.66. The lowest BCUT2D eigenvalue weighted by Crippen LogP contribution is -2.58. The average molecular weight is 275 g/mol. The predicted molar refractivity (Wildman–Crippen MR) is 81.1 cm³/mol. The molecule has 0 aliphatic carbocycles. The van der Waals surface area contributed by atoms with Crippen molar-refractivity contribution in [2.75, 3.05) is 25.1 Å². The summed E-state index contributed by atoms with van der Waals surface area (Å²) < 4.78 is 0. The van der Waals surface area contributed by atoms with Crippen LogP contribution in [0.25, 0.3) is 0 Å². The van der Waals surface area contributed by atoms with Crippen LogP contribution in [0.3, 0.4) is 0 Å². The molecule has 0 amide bonds. The number of pyridine rings is 1. The molecular weight excluding hydrogens is 250 g/mol. The Labute approximate surface area is 121 Å². The van der Waals surface area contributed by atoms with Gasteiger partial charge in [-0.2, -0.15) is 0 Å². The second kappa shape index (κ2) is 6.08. The lowest BCUT2D eigenvalue weighted by atomic mass is 9.97. The number of hydrogen-bond acceptors (Lipinski definition) is 5. The van der Waals surface area contributed by atoms with Crippen LogP contribution in [0.5, 0.6) is 0 Å². The number of nitrogens with zero attached hydrogens (tertiary/aromatic N) is 3. The topological polar surface area (TPSA) is 57.4 Å². The minimum Gasteiger partial charge on any atom is -0.324 e. The van der Waals surface area contributed by atoms with E-state index in [-0.39, 0.29) is 0 Å². The third-order valence-electron chi connectivity index (χ3n) is 4.66. The van der Waals surface area contributed by atoms with Crippen LogP contribution < -0.4 is 11.3 Å². The number of nitrogens with one attached hydrogen (secondary N) is 1. The van der Waals surface area contributed by atoms with Crippen molar-refractivity contribution in [2.45, 2.75) is 44.8 Å². The first kappa shape index (κ1) is 13.8. The van der Waals surface area contributed by atoms with Crippen molar-refractivity contribution in [1.29, 1.82) is 0 Å². The number of nitrogens with two attached hydrogens (primary N) is 1. The lowest BCUT2D eigenvalue weighted by Gasteiger charge is -2.47. The quantitative estimate of drug-likeness (QED) is 0.645. The Balaban J connectivity index is 1.67. The number of fused-ring (bicyclic) bond motifs is 1. The zero-order valence-electron chi connectivity index (χ0n) is 12.3. The van der Waals surface area contributed by atoms with Crippen LogP contribution in [-0.4, -0.2) is 46.5 Å². The maximum atomic E-state index is 5.47. The van der Waals surface area contributed by atoms with Crippen molar-refractivity contribution in [3.8, 4) is 0 Å². The van der Waals surface area contributed by atoms with Gasteiger partial charge in [0.05, 0.1) is 11.4 Å². The van der Waals surface area contributed by atoms with Crippen molar-refractivity contribution in [3.05, 3.63) is 24.0 Å². The average Bonchev–Trinajstić information content (AvgIpc) is 2.48. The number of hydrazine groups is 1. The predicted octanol–water partition coefficient (Wildman–Crippen LogP) is 1.43. The van der Waals surface area contributed by atoms with Gasteiger partial charge in [-0.25, -0.2) is 0 Å². The van der Waals surface area contributed by atoms with Gasteiger partial charge < -0.3 is 5.43 Å². The molecule has 110 valence electrons. The molecule has 3 N–H and O–H groups in total. The number of hydrogen-bond donors (Lipinski definition) is 2. The molecule has 20 heavy (non-hydrogen) atoms. The van der Waals surface area contributed by atoms with Crippen LogP contribution >= 0.6 is 0 Å². The molecule has 2 atom stereocenters. The van der Waals surface area contributed by atoms with Gasteiger partial charge in [-0.1, -0.05) is 6.42 Å². The molecule has 2 saturated heterocycles. The molecule has 2 aliphatic rings. The van der Waals surface area contributed by atoms with Gasteiger partial charge in [-0.05, 0) is 38.4 Å². The van der Waals surface area contributed by atoms with E-state index >= 15 is 0 Å². The minimum atomic E-state index is 0.598. The van der Waals surface area contributed by atoms with Crippen LogP contribution in [0.2, 0.25) is 0 Å². The molecule has 3 rings (SSSR count). The number of aromatic nitrogens is 1. The van der Waals surface area contributed by atoms with Crippen LogP contribution in [-0.2, 0) is 6.54 Å². The van der Waals surface area contributed by atoms with E-state index in [4.69, 9.17) is 5.84 Å². The van der Waals surface area contributed by atoms with Crippen molar-refractivity contribution >= 4 is 5.69 Å². The molecule has 5 heteroatoms. The smallest absolute Gasteiger partial charge is 0.0565 e. The zero-order valence-corrected chi connectivity index (χ0v) is 12.3. The Morgan fingerprint density at radius 1 is 1.40 bits per heavy atom. The summed E-state index contributed by atoms with van der Waals surface area (Å²) in [6, 6.07) is 5.28. The fraction of sp³-hybridized carbons (Fsp3) is 0.667. The second-order valence-electron chi connectivity index (χ2n) is 6.10. The highest BCUT2D eigenvalue weighted by molar-refractivity contribution is 5.41. The van der Waals surface area contributed by atoms with Gasteiger partial charge in [-0.15, -0.1) is 0 Å². The first-order chi connectivity index (χ1) is 9.76. The van der Waals surface area contributed by atoms with Gasteiger partial charge in [0.1, 0.15) is 0 Å². The van der Waals surface area contributed by atoms with Gasteiger partial charge >= 0.3 is 0 Å². The molecule has 5 nitrogen and oxygen atoms in total. The fourth-order valence-corrected chi connectivity index (χ4v) is 3.50. The summed E-state index contributed by atoms with van der Waals surface area (Å²) >= 11 is 0. The van der Waals surface area contributed by atoms with E-state index in [9.17, 15) is 0 Å². The van der Waals surface area contributed by atoms with Gasteiger partial charge in [0.25, 0.3) is 0 Å². The van der Waals surface area contributed by atoms with Crippen molar-refractivity contribution in [3.63, 3.8) is 0 Å². The molecule has 0 aromatic carbocycles. The Hall–Kier alpha value is -1.17. The molecule has 0 saturated carbocycles. The number of piperidine rings is 1. The van der Waals surface area contributed by atoms with Gasteiger partial charge in [-0.3, -0.25) is 20.6 Å². The summed E-state index contributed by atoms with van der Waals surface area (Å²) in [4.78, 5) is 9.71. The van der Waals surface area contributed by atoms with Gasteiger partial charge in [0.2, 0.25) is 0 Å². The molecule has 0 radical (unpaired) electrons. The second-order valence-corrected chi connectivity index (χ2v) is 6.10. The molecule has 2 aliphatic heterocycles. The third kappa shape index (κ3) is 2.95. The highest BCUT2D eigenvalue weighted by Gasteiger charge is 2.32. The van der Waals surface area contributed by atoms with E-state index in [1.807, 2.05) is 18.3 Å². The van der Waals surface area contributed by atoms with Gasteiger partial charge in [0, 0.05) is 37.9 Å². The molecular formula is C15H25N5. The standard InChI is InChI=1S/C15H25N5/c1-12-9-19-7-3-2-4-15(19)11-20(12)10-14-8-13(18-16)5-6-17-14/h5-6,8,12,15H,2-4,7,9-11,16H2,1H3,(H,17,18). The molecule has 0 bridgehead atoms. The zero-order chi connectivity index (χ0) is 13.9. The SMILES string of the molecule is CC1CN2CCCCC2CN1Cc1cc(NN)ccn1. The first-order valence-electron chi connectivity index (χ1n) is 7.66. The van der Waals surface area contributed by atoms with Crippen molar-refractivity contribution in [1.82, 2.24) is 14.8 Å².